The maximum Gasteiger partial charge on any atom is 0.124 e. The average molecular weight is 189 g/mol. The number of pyridine rings is 1. The van der Waals surface area contributed by atoms with Gasteiger partial charge in [0.2, 0.25) is 0 Å². The third-order valence-electron chi connectivity index (χ3n) is 1.83. The second-order valence-electron chi connectivity index (χ2n) is 2.92. The summed E-state index contributed by atoms with van der Waals surface area (Å²) in [5.41, 5.74) is 1.93. The van der Waals surface area contributed by atoms with Crippen LogP contribution >= 0.6 is 0 Å². The van der Waals surface area contributed by atoms with Crippen LogP contribution in [0.1, 0.15) is 11.4 Å². The maximum atomic E-state index is 4.71. The Morgan fingerprint density at radius 3 is 2.79 bits per heavy atom. The van der Waals surface area contributed by atoms with Gasteiger partial charge in [0, 0.05) is 25.4 Å². The van der Waals surface area contributed by atoms with Crippen LogP contribution in [0.3, 0.4) is 0 Å². The first-order chi connectivity index (χ1) is 6.95. The summed E-state index contributed by atoms with van der Waals surface area (Å²) in [5, 5.41) is 7.01. The Labute approximate surface area is 82.0 Å². The largest absolute Gasteiger partial charge is 0.364 e. The molecule has 0 amide bonds. The molecule has 0 aromatic carbocycles. The Morgan fingerprint density at radius 2 is 2.07 bits per heavy atom. The van der Waals surface area contributed by atoms with Gasteiger partial charge >= 0.3 is 0 Å². The van der Waals surface area contributed by atoms with Gasteiger partial charge in [-0.2, -0.15) is 0 Å². The smallest absolute Gasteiger partial charge is 0.124 e. The van der Waals surface area contributed by atoms with Crippen molar-refractivity contribution in [2.75, 3.05) is 0 Å². The van der Waals surface area contributed by atoms with E-state index >= 15 is 0 Å². The molecule has 14 heavy (non-hydrogen) atoms. The van der Waals surface area contributed by atoms with Crippen molar-refractivity contribution < 1.29 is 4.52 Å². The number of aromatic nitrogens is 2. The molecule has 0 spiro atoms. The van der Waals surface area contributed by atoms with Crippen LogP contribution in [0.5, 0.6) is 0 Å². The molecule has 2 rings (SSSR count). The molecule has 0 bridgehead atoms. The summed E-state index contributed by atoms with van der Waals surface area (Å²) in [6.45, 7) is 1.45. The highest BCUT2D eigenvalue weighted by atomic mass is 16.5. The van der Waals surface area contributed by atoms with Gasteiger partial charge in [0.05, 0.1) is 11.4 Å². The van der Waals surface area contributed by atoms with Crippen LogP contribution in [-0.4, -0.2) is 10.1 Å². The third-order valence-corrected chi connectivity index (χ3v) is 1.83. The van der Waals surface area contributed by atoms with E-state index in [1.807, 2.05) is 24.3 Å². The highest BCUT2D eigenvalue weighted by Gasteiger charge is 1.96. The summed E-state index contributed by atoms with van der Waals surface area (Å²) in [5.74, 6) is 0. The normalized spacial score (nSPS) is 10.3. The SMILES string of the molecule is c1ccc(CNCc2ccon2)nc1. The average Bonchev–Trinajstić information content (AvgIpc) is 2.72. The highest BCUT2D eigenvalue weighted by molar-refractivity contribution is 5.03. The molecule has 4 heteroatoms. The maximum absolute atomic E-state index is 4.71. The van der Waals surface area contributed by atoms with E-state index in [2.05, 4.69) is 15.5 Å². The quantitative estimate of drug-likeness (QED) is 0.789. The van der Waals surface area contributed by atoms with Gasteiger partial charge in [0.15, 0.2) is 0 Å². The van der Waals surface area contributed by atoms with Crippen molar-refractivity contribution in [3.8, 4) is 0 Å². The fourth-order valence-corrected chi connectivity index (χ4v) is 1.15. The zero-order valence-electron chi connectivity index (χ0n) is 7.68. The van der Waals surface area contributed by atoms with Crippen molar-refractivity contribution in [3.63, 3.8) is 0 Å². The Hall–Kier alpha value is -1.68. The minimum absolute atomic E-state index is 0.701. The van der Waals surface area contributed by atoms with E-state index in [0.717, 1.165) is 17.9 Å². The molecule has 0 aliphatic carbocycles. The van der Waals surface area contributed by atoms with E-state index in [0.29, 0.717) is 6.54 Å². The summed E-state index contributed by atoms with van der Waals surface area (Å²) < 4.78 is 4.71. The van der Waals surface area contributed by atoms with Gasteiger partial charge in [-0.05, 0) is 12.1 Å². The fraction of sp³-hybridized carbons (Fsp3) is 0.200. The molecule has 0 fully saturated rings. The van der Waals surface area contributed by atoms with Crippen molar-refractivity contribution in [1.29, 1.82) is 0 Å². The first-order valence-corrected chi connectivity index (χ1v) is 4.45. The van der Waals surface area contributed by atoms with Crippen molar-refractivity contribution in [2.45, 2.75) is 13.1 Å². The topological polar surface area (TPSA) is 51.0 Å². The van der Waals surface area contributed by atoms with E-state index in [-0.39, 0.29) is 0 Å². The molecule has 0 saturated heterocycles. The minimum atomic E-state index is 0.701. The molecule has 0 atom stereocenters. The Bertz CT molecular complexity index is 358. The number of rotatable bonds is 4. The first kappa shape index (κ1) is 8.90. The van der Waals surface area contributed by atoms with Crippen LogP contribution in [0.25, 0.3) is 0 Å². The molecule has 2 heterocycles. The van der Waals surface area contributed by atoms with Crippen LogP contribution in [0.2, 0.25) is 0 Å². The summed E-state index contributed by atoms with van der Waals surface area (Å²) >= 11 is 0. The molecule has 1 N–H and O–H groups in total. The Balaban J connectivity index is 1.79. The van der Waals surface area contributed by atoms with Crippen LogP contribution in [0.15, 0.2) is 41.2 Å². The molecule has 0 unspecified atom stereocenters. The molecule has 4 nitrogen and oxygen atoms in total. The lowest BCUT2D eigenvalue weighted by molar-refractivity contribution is 0.408. The van der Waals surface area contributed by atoms with Crippen molar-refractivity contribution in [2.24, 2.45) is 0 Å². The molecule has 0 aliphatic heterocycles. The van der Waals surface area contributed by atoms with Gasteiger partial charge in [-0.25, -0.2) is 0 Å². The van der Waals surface area contributed by atoms with Crippen molar-refractivity contribution >= 4 is 0 Å². The standard InChI is InChI=1S/C10H11N3O/c1-2-5-12-9(3-1)7-11-8-10-4-6-14-13-10/h1-6,11H,7-8H2. The van der Waals surface area contributed by atoms with Crippen LogP contribution in [0, 0.1) is 0 Å². The Morgan fingerprint density at radius 1 is 1.14 bits per heavy atom. The van der Waals surface area contributed by atoms with Crippen molar-refractivity contribution in [1.82, 2.24) is 15.5 Å². The number of hydrogen-bond acceptors (Lipinski definition) is 4. The second kappa shape index (κ2) is 4.53. The number of nitrogens with one attached hydrogen (secondary N) is 1. The molecule has 2 aromatic heterocycles. The second-order valence-corrected chi connectivity index (χ2v) is 2.92. The lowest BCUT2D eigenvalue weighted by atomic mass is 10.3. The van der Waals surface area contributed by atoms with E-state index < -0.39 is 0 Å². The van der Waals surface area contributed by atoms with Gasteiger partial charge in [-0.15, -0.1) is 0 Å². The van der Waals surface area contributed by atoms with Crippen molar-refractivity contribution in [3.05, 3.63) is 48.1 Å². The molecular formula is C10H11N3O. The molecule has 2 aromatic rings. The van der Waals surface area contributed by atoms with Crippen LogP contribution < -0.4 is 5.32 Å². The van der Waals surface area contributed by atoms with E-state index in [1.54, 1.807) is 12.5 Å². The van der Waals surface area contributed by atoms with Gasteiger partial charge < -0.3 is 9.84 Å². The molecule has 72 valence electrons. The Kier molecular flexibility index (Phi) is 2.88. The lowest BCUT2D eigenvalue weighted by Crippen LogP contribution is -2.13. The van der Waals surface area contributed by atoms with Gasteiger partial charge in [-0.3, -0.25) is 4.98 Å². The third kappa shape index (κ3) is 2.40. The van der Waals surface area contributed by atoms with E-state index in [9.17, 15) is 0 Å². The van der Waals surface area contributed by atoms with E-state index in [1.165, 1.54) is 0 Å². The summed E-state index contributed by atoms with van der Waals surface area (Å²) in [7, 11) is 0. The molecule has 0 saturated carbocycles. The zero-order valence-corrected chi connectivity index (χ0v) is 7.68. The van der Waals surface area contributed by atoms with E-state index in [4.69, 9.17) is 4.52 Å². The predicted molar refractivity (Wildman–Crippen MR) is 51.3 cm³/mol. The number of nitrogens with zero attached hydrogens (tertiary/aromatic N) is 2. The summed E-state index contributed by atoms with van der Waals surface area (Å²) in [6.07, 6.45) is 3.35. The zero-order chi connectivity index (χ0) is 9.64. The monoisotopic (exact) mass is 189 g/mol. The fourth-order valence-electron chi connectivity index (χ4n) is 1.15. The van der Waals surface area contributed by atoms with Crippen LogP contribution in [0.4, 0.5) is 0 Å². The summed E-state index contributed by atoms with van der Waals surface area (Å²) in [6, 6.07) is 7.70. The lowest BCUT2D eigenvalue weighted by Gasteiger charge is -2.00. The summed E-state index contributed by atoms with van der Waals surface area (Å²) in [4.78, 5) is 4.19. The molecule has 0 radical (unpaired) electrons. The number of hydrogen-bond donors (Lipinski definition) is 1. The minimum Gasteiger partial charge on any atom is -0.364 e. The van der Waals surface area contributed by atoms with Gasteiger partial charge in [-0.1, -0.05) is 11.2 Å². The molecule has 0 aliphatic rings. The van der Waals surface area contributed by atoms with Gasteiger partial charge in [0.1, 0.15) is 6.26 Å². The first-order valence-electron chi connectivity index (χ1n) is 4.45. The molecular weight excluding hydrogens is 178 g/mol. The highest BCUT2D eigenvalue weighted by Crippen LogP contribution is 1.95. The predicted octanol–water partition coefficient (Wildman–Crippen LogP) is 1.36. The van der Waals surface area contributed by atoms with Gasteiger partial charge in [0.25, 0.3) is 0 Å². The van der Waals surface area contributed by atoms with Crippen LogP contribution in [-0.2, 0) is 13.1 Å².